The van der Waals surface area contributed by atoms with Crippen molar-refractivity contribution in [1.29, 1.82) is 0 Å². The number of carbonyl (C=O) groups is 1. The van der Waals surface area contributed by atoms with Gasteiger partial charge in [0, 0.05) is 11.6 Å². The molecular formula is C12H10N2O6. The maximum Gasteiger partial charge on any atom is 0.338 e. The molecule has 2 rings (SSSR count). The molecule has 0 aliphatic carbocycles. The summed E-state index contributed by atoms with van der Waals surface area (Å²) in [4.78, 5) is 32.7. The zero-order valence-corrected chi connectivity index (χ0v) is 10.4. The number of hydrogen-bond donors (Lipinski definition) is 1. The summed E-state index contributed by atoms with van der Waals surface area (Å²) in [6, 6.07) is 2.42. The van der Waals surface area contributed by atoms with Crippen LogP contribution in [0.15, 0.2) is 33.8 Å². The Morgan fingerprint density at radius 1 is 1.50 bits per heavy atom. The first-order valence-electron chi connectivity index (χ1n) is 5.54. The lowest BCUT2D eigenvalue weighted by molar-refractivity contribution is -0.385. The lowest BCUT2D eigenvalue weighted by atomic mass is 10.2. The molecule has 0 amide bonds. The molecule has 2 aromatic rings. The van der Waals surface area contributed by atoms with Gasteiger partial charge in [-0.1, -0.05) is 0 Å². The highest BCUT2D eigenvalue weighted by Crippen LogP contribution is 2.15. The van der Waals surface area contributed by atoms with E-state index in [9.17, 15) is 19.7 Å². The van der Waals surface area contributed by atoms with E-state index in [4.69, 9.17) is 9.52 Å². The largest absolute Gasteiger partial charge is 0.478 e. The fraction of sp³-hybridized carbons (Fsp3) is 0.167. The van der Waals surface area contributed by atoms with Gasteiger partial charge in [0.2, 0.25) is 0 Å². The smallest absolute Gasteiger partial charge is 0.338 e. The molecule has 0 aliphatic rings. The van der Waals surface area contributed by atoms with Gasteiger partial charge in [-0.25, -0.2) is 4.79 Å². The van der Waals surface area contributed by atoms with Crippen LogP contribution >= 0.6 is 0 Å². The molecule has 0 saturated heterocycles. The number of nitro groups is 1. The Kier molecular flexibility index (Phi) is 3.38. The van der Waals surface area contributed by atoms with Crippen molar-refractivity contribution in [3.8, 4) is 0 Å². The van der Waals surface area contributed by atoms with Crippen LogP contribution in [-0.4, -0.2) is 20.6 Å². The van der Waals surface area contributed by atoms with Gasteiger partial charge < -0.3 is 14.1 Å². The van der Waals surface area contributed by atoms with Crippen molar-refractivity contribution in [2.45, 2.75) is 13.5 Å². The van der Waals surface area contributed by atoms with Gasteiger partial charge in [-0.2, -0.15) is 0 Å². The number of aromatic carboxylic acids is 1. The van der Waals surface area contributed by atoms with Gasteiger partial charge in [0.15, 0.2) is 0 Å². The number of pyridine rings is 1. The third kappa shape index (κ3) is 2.58. The van der Waals surface area contributed by atoms with E-state index in [0.29, 0.717) is 0 Å². The Balaban J connectivity index is 2.37. The Morgan fingerprint density at radius 3 is 2.75 bits per heavy atom. The lowest BCUT2D eigenvalue weighted by Gasteiger charge is -2.04. The molecule has 0 bridgehead atoms. The Hall–Kier alpha value is -2.90. The highest BCUT2D eigenvalue weighted by molar-refractivity contribution is 5.87. The van der Waals surface area contributed by atoms with Crippen molar-refractivity contribution in [3.05, 3.63) is 61.9 Å². The second-order valence-corrected chi connectivity index (χ2v) is 4.17. The Bertz CT molecular complexity index is 743. The number of carboxylic acid groups (broad SMARTS) is 1. The molecule has 8 nitrogen and oxygen atoms in total. The first-order chi connectivity index (χ1) is 9.38. The first kappa shape index (κ1) is 13.5. The molecule has 0 unspecified atom stereocenters. The van der Waals surface area contributed by atoms with E-state index in [-0.39, 0.29) is 29.1 Å². The van der Waals surface area contributed by atoms with E-state index in [0.717, 1.165) is 23.1 Å². The molecule has 20 heavy (non-hydrogen) atoms. The molecule has 2 heterocycles. The van der Waals surface area contributed by atoms with Crippen molar-refractivity contribution in [1.82, 2.24) is 4.57 Å². The average Bonchev–Trinajstić information content (AvgIpc) is 2.80. The van der Waals surface area contributed by atoms with Crippen molar-refractivity contribution in [2.24, 2.45) is 0 Å². The fourth-order valence-electron chi connectivity index (χ4n) is 1.71. The van der Waals surface area contributed by atoms with Crippen LogP contribution in [0.3, 0.4) is 0 Å². The SMILES string of the molecule is Cc1cc(=O)n(Cc2cc(C(=O)O)co2)cc1[N+](=O)[O-]. The predicted octanol–water partition coefficient (Wildman–Crippen LogP) is 1.40. The molecule has 0 aromatic carbocycles. The van der Waals surface area contributed by atoms with Gasteiger partial charge in [0.25, 0.3) is 11.2 Å². The van der Waals surface area contributed by atoms with E-state index in [1.807, 2.05) is 0 Å². The van der Waals surface area contributed by atoms with Crippen LogP contribution in [0.25, 0.3) is 0 Å². The summed E-state index contributed by atoms with van der Waals surface area (Å²) in [6.07, 6.45) is 2.16. The topological polar surface area (TPSA) is 116 Å². The number of nitrogens with zero attached hydrogens (tertiary/aromatic N) is 2. The summed E-state index contributed by atoms with van der Waals surface area (Å²) < 4.78 is 6.10. The number of aromatic nitrogens is 1. The molecule has 0 atom stereocenters. The first-order valence-corrected chi connectivity index (χ1v) is 5.54. The zero-order chi connectivity index (χ0) is 14.9. The van der Waals surface area contributed by atoms with E-state index in [2.05, 4.69) is 0 Å². The predicted molar refractivity (Wildman–Crippen MR) is 66.9 cm³/mol. The van der Waals surface area contributed by atoms with Gasteiger partial charge in [-0.15, -0.1) is 0 Å². The second-order valence-electron chi connectivity index (χ2n) is 4.17. The van der Waals surface area contributed by atoms with Gasteiger partial charge in [0.1, 0.15) is 12.0 Å². The van der Waals surface area contributed by atoms with Crippen LogP contribution in [0, 0.1) is 17.0 Å². The van der Waals surface area contributed by atoms with Crippen LogP contribution < -0.4 is 5.56 Å². The summed E-state index contributed by atoms with van der Waals surface area (Å²) >= 11 is 0. The summed E-state index contributed by atoms with van der Waals surface area (Å²) in [7, 11) is 0. The number of aryl methyl sites for hydroxylation is 1. The minimum Gasteiger partial charge on any atom is -0.478 e. The summed E-state index contributed by atoms with van der Waals surface area (Å²) in [5.41, 5.74) is -0.396. The average molecular weight is 278 g/mol. The van der Waals surface area contributed by atoms with Crippen LogP contribution in [0.5, 0.6) is 0 Å². The highest BCUT2D eigenvalue weighted by Gasteiger charge is 2.15. The van der Waals surface area contributed by atoms with Crippen molar-refractivity contribution >= 4 is 11.7 Å². The molecular weight excluding hydrogens is 268 g/mol. The summed E-state index contributed by atoms with van der Waals surface area (Å²) in [5, 5.41) is 19.6. The van der Waals surface area contributed by atoms with Crippen molar-refractivity contribution in [2.75, 3.05) is 0 Å². The van der Waals surface area contributed by atoms with Crippen LogP contribution in [-0.2, 0) is 6.54 Å². The summed E-state index contributed by atoms with van der Waals surface area (Å²) in [5.74, 6) is -0.926. The monoisotopic (exact) mass is 278 g/mol. The number of hydrogen-bond acceptors (Lipinski definition) is 5. The van der Waals surface area contributed by atoms with E-state index < -0.39 is 16.5 Å². The van der Waals surface area contributed by atoms with Gasteiger partial charge in [0.05, 0.1) is 23.2 Å². The van der Waals surface area contributed by atoms with Gasteiger partial charge in [-0.05, 0) is 13.0 Å². The number of rotatable bonds is 4. The molecule has 0 saturated carbocycles. The van der Waals surface area contributed by atoms with Gasteiger partial charge in [-0.3, -0.25) is 14.9 Å². The molecule has 0 aliphatic heterocycles. The molecule has 0 fully saturated rings. The second kappa shape index (κ2) is 5.00. The lowest BCUT2D eigenvalue weighted by Crippen LogP contribution is -2.20. The quantitative estimate of drug-likeness (QED) is 0.667. The van der Waals surface area contributed by atoms with Crippen molar-refractivity contribution in [3.63, 3.8) is 0 Å². The van der Waals surface area contributed by atoms with E-state index >= 15 is 0 Å². The zero-order valence-electron chi connectivity index (χ0n) is 10.4. The molecule has 0 spiro atoms. The minimum absolute atomic E-state index is 0.0466. The van der Waals surface area contributed by atoms with Crippen molar-refractivity contribution < 1.29 is 19.2 Å². The summed E-state index contributed by atoms with van der Waals surface area (Å²) in [6.45, 7) is 1.40. The Morgan fingerprint density at radius 2 is 2.20 bits per heavy atom. The number of furan rings is 1. The van der Waals surface area contributed by atoms with E-state index in [1.165, 1.54) is 13.0 Å². The molecule has 1 N–H and O–H groups in total. The minimum atomic E-state index is -1.15. The highest BCUT2D eigenvalue weighted by atomic mass is 16.6. The Labute approximate surface area is 112 Å². The van der Waals surface area contributed by atoms with E-state index in [1.54, 1.807) is 0 Å². The maximum absolute atomic E-state index is 11.7. The van der Waals surface area contributed by atoms with Gasteiger partial charge >= 0.3 is 5.97 Å². The molecule has 104 valence electrons. The molecule has 2 aromatic heterocycles. The maximum atomic E-state index is 11.7. The normalized spacial score (nSPS) is 10.4. The standard InChI is InChI=1S/C12H10N2O6/c1-7-2-11(15)13(5-10(7)14(18)19)4-9-3-8(6-20-9)12(16)17/h2-3,5-6H,4H2,1H3,(H,16,17). The molecule has 0 radical (unpaired) electrons. The van der Waals surface area contributed by atoms with Crippen LogP contribution in [0.1, 0.15) is 21.7 Å². The van der Waals surface area contributed by atoms with Crippen LogP contribution in [0.2, 0.25) is 0 Å². The van der Waals surface area contributed by atoms with Crippen LogP contribution in [0.4, 0.5) is 5.69 Å². The third-order valence-electron chi connectivity index (χ3n) is 2.73. The fourth-order valence-corrected chi connectivity index (χ4v) is 1.71. The molecule has 8 heteroatoms. The number of carboxylic acids is 1. The third-order valence-corrected chi connectivity index (χ3v) is 2.73.